The van der Waals surface area contributed by atoms with Crippen LogP contribution >= 0.6 is 24.0 Å². The Balaban J connectivity index is 0.00000441. The van der Waals surface area contributed by atoms with Crippen LogP contribution in [0.4, 0.5) is 0 Å². The van der Waals surface area contributed by atoms with Gasteiger partial charge in [-0.05, 0) is 31.1 Å². The molecule has 1 aliphatic heterocycles. The minimum absolute atomic E-state index is 0. The first kappa shape index (κ1) is 21.9. The second kappa shape index (κ2) is 13.4. The van der Waals surface area contributed by atoms with Crippen molar-refractivity contribution in [3.05, 3.63) is 0 Å². The smallest absolute Gasteiger partial charge is 0.193 e. The zero-order chi connectivity index (χ0) is 15.5. The Hall–Kier alpha value is -0.0800. The molecule has 5 nitrogen and oxygen atoms in total. The normalized spacial score (nSPS) is 16.5. The quantitative estimate of drug-likeness (QED) is 0.280. The first-order valence-electron chi connectivity index (χ1n) is 8.20. The summed E-state index contributed by atoms with van der Waals surface area (Å²) in [4.78, 5) is 6.54. The van der Waals surface area contributed by atoms with Gasteiger partial charge in [0.15, 0.2) is 5.96 Å². The van der Waals surface area contributed by atoms with Crippen LogP contribution in [0.3, 0.4) is 0 Å². The number of nitrogens with one attached hydrogen (secondary N) is 1. The standard InChI is InChI=1S/C16H33N3O2.HI/c1-14(2)13-21-12-8-18-16(17-3)19(4)9-5-15-6-10-20-11-7-15;/h14-15H,5-13H2,1-4H3,(H,17,18);1H. The van der Waals surface area contributed by atoms with Crippen molar-refractivity contribution in [2.75, 3.05) is 53.6 Å². The van der Waals surface area contributed by atoms with E-state index in [1.165, 1.54) is 19.3 Å². The van der Waals surface area contributed by atoms with Crippen LogP contribution in [0.15, 0.2) is 4.99 Å². The van der Waals surface area contributed by atoms with Gasteiger partial charge in [0.1, 0.15) is 0 Å². The minimum Gasteiger partial charge on any atom is -0.381 e. The number of ether oxygens (including phenoxy) is 2. The molecule has 0 unspecified atom stereocenters. The molecule has 6 heteroatoms. The Morgan fingerprint density at radius 1 is 1.36 bits per heavy atom. The van der Waals surface area contributed by atoms with E-state index in [-0.39, 0.29) is 24.0 Å². The minimum atomic E-state index is 0. The Morgan fingerprint density at radius 2 is 2.05 bits per heavy atom. The Morgan fingerprint density at radius 3 is 2.64 bits per heavy atom. The number of hydrogen-bond donors (Lipinski definition) is 1. The summed E-state index contributed by atoms with van der Waals surface area (Å²) < 4.78 is 11.0. The fraction of sp³-hybridized carbons (Fsp3) is 0.938. The summed E-state index contributed by atoms with van der Waals surface area (Å²) in [5, 5.41) is 3.36. The highest BCUT2D eigenvalue weighted by Crippen LogP contribution is 2.18. The van der Waals surface area contributed by atoms with E-state index in [4.69, 9.17) is 9.47 Å². The van der Waals surface area contributed by atoms with Crippen molar-refractivity contribution in [2.45, 2.75) is 33.1 Å². The van der Waals surface area contributed by atoms with Crippen LogP contribution in [0.25, 0.3) is 0 Å². The number of hydrogen-bond acceptors (Lipinski definition) is 3. The second-order valence-electron chi connectivity index (χ2n) is 6.21. The van der Waals surface area contributed by atoms with Gasteiger partial charge >= 0.3 is 0 Å². The van der Waals surface area contributed by atoms with E-state index >= 15 is 0 Å². The molecule has 1 rings (SSSR count). The Bertz CT molecular complexity index is 295. The molecule has 0 aromatic heterocycles. The lowest BCUT2D eigenvalue weighted by Gasteiger charge is -2.26. The zero-order valence-corrected chi connectivity index (χ0v) is 17.0. The molecule has 1 aliphatic rings. The molecule has 0 atom stereocenters. The van der Waals surface area contributed by atoms with Gasteiger partial charge in [0.05, 0.1) is 6.61 Å². The summed E-state index contributed by atoms with van der Waals surface area (Å²) in [7, 11) is 3.94. The molecule has 1 saturated heterocycles. The van der Waals surface area contributed by atoms with Crippen LogP contribution in [0.1, 0.15) is 33.1 Å². The SMILES string of the molecule is CN=C(NCCOCC(C)C)N(C)CCC1CCOCC1.I. The predicted molar refractivity (Wildman–Crippen MR) is 103 cm³/mol. The summed E-state index contributed by atoms with van der Waals surface area (Å²) in [5.41, 5.74) is 0. The third-order valence-corrected chi connectivity index (χ3v) is 3.77. The molecule has 0 spiro atoms. The second-order valence-corrected chi connectivity index (χ2v) is 6.21. The van der Waals surface area contributed by atoms with Gasteiger partial charge in [0.25, 0.3) is 0 Å². The largest absolute Gasteiger partial charge is 0.381 e. The molecule has 0 saturated carbocycles. The summed E-state index contributed by atoms with van der Waals surface area (Å²) in [5.74, 6) is 2.34. The fourth-order valence-corrected chi connectivity index (χ4v) is 2.46. The van der Waals surface area contributed by atoms with Gasteiger partial charge in [0.2, 0.25) is 0 Å². The number of aliphatic imine (C=N–C) groups is 1. The number of rotatable bonds is 8. The summed E-state index contributed by atoms with van der Waals surface area (Å²) in [6.07, 6.45) is 3.61. The maximum atomic E-state index is 5.57. The summed E-state index contributed by atoms with van der Waals surface area (Å²) >= 11 is 0. The van der Waals surface area contributed by atoms with Gasteiger partial charge in [-0.3, -0.25) is 4.99 Å². The van der Waals surface area contributed by atoms with Crippen LogP contribution in [0.5, 0.6) is 0 Å². The van der Waals surface area contributed by atoms with Gasteiger partial charge < -0.3 is 19.7 Å². The van der Waals surface area contributed by atoms with Crippen LogP contribution in [-0.4, -0.2) is 64.5 Å². The maximum absolute atomic E-state index is 5.57. The summed E-state index contributed by atoms with van der Waals surface area (Å²) in [6.45, 7) is 9.57. The Labute approximate surface area is 153 Å². The van der Waals surface area contributed by atoms with E-state index in [2.05, 4.69) is 36.1 Å². The van der Waals surface area contributed by atoms with E-state index in [9.17, 15) is 0 Å². The highest BCUT2D eigenvalue weighted by atomic mass is 127. The first-order chi connectivity index (χ1) is 10.1. The number of guanidine groups is 1. The third-order valence-electron chi connectivity index (χ3n) is 3.77. The van der Waals surface area contributed by atoms with Gasteiger partial charge in [-0.1, -0.05) is 13.8 Å². The Kier molecular flexibility index (Phi) is 13.3. The van der Waals surface area contributed by atoms with Crippen molar-refractivity contribution in [1.82, 2.24) is 10.2 Å². The predicted octanol–water partition coefficient (Wildman–Crippen LogP) is 2.60. The lowest BCUT2D eigenvalue weighted by molar-refractivity contribution is 0.0625. The lowest BCUT2D eigenvalue weighted by Crippen LogP contribution is -2.41. The monoisotopic (exact) mass is 427 g/mol. The summed E-state index contributed by atoms with van der Waals surface area (Å²) in [6, 6.07) is 0. The first-order valence-corrected chi connectivity index (χ1v) is 8.20. The van der Waals surface area contributed by atoms with Crippen LogP contribution in [-0.2, 0) is 9.47 Å². The van der Waals surface area contributed by atoms with E-state index in [0.717, 1.165) is 51.4 Å². The van der Waals surface area contributed by atoms with Gasteiger partial charge in [-0.25, -0.2) is 0 Å². The van der Waals surface area contributed by atoms with Crippen molar-refractivity contribution in [3.63, 3.8) is 0 Å². The molecule has 0 amide bonds. The molecule has 132 valence electrons. The zero-order valence-electron chi connectivity index (χ0n) is 14.6. The molecule has 0 radical (unpaired) electrons. The number of halogens is 1. The number of nitrogens with zero attached hydrogens (tertiary/aromatic N) is 2. The molecule has 0 aliphatic carbocycles. The topological polar surface area (TPSA) is 46.1 Å². The molecule has 0 aromatic rings. The lowest BCUT2D eigenvalue weighted by atomic mass is 9.96. The van der Waals surface area contributed by atoms with Gasteiger partial charge in [0, 0.05) is 47.0 Å². The van der Waals surface area contributed by atoms with Crippen molar-refractivity contribution in [1.29, 1.82) is 0 Å². The van der Waals surface area contributed by atoms with Crippen LogP contribution < -0.4 is 5.32 Å². The van der Waals surface area contributed by atoms with Crippen molar-refractivity contribution in [3.8, 4) is 0 Å². The highest BCUT2D eigenvalue weighted by molar-refractivity contribution is 14.0. The van der Waals surface area contributed by atoms with Crippen molar-refractivity contribution >= 4 is 29.9 Å². The van der Waals surface area contributed by atoms with Crippen LogP contribution in [0, 0.1) is 11.8 Å². The van der Waals surface area contributed by atoms with Gasteiger partial charge in [-0.15, -0.1) is 24.0 Å². The molecule has 1 N–H and O–H groups in total. The van der Waals surface area contributed by atoms with Gasteiger partial charge in [-0.2, -0.15) is 0 Å². The maximum Gasteiger partial charge on any atom is 0.193 e. The molecule has 22 heavy (non-hydrogen) atoms. The molecule has 1 heterocycles. The average Bonchev–Trinajstić information content (AvgIpc) is 2.49. The molecule has 0 aromatic carbocycles. The van der Waals surface area contributed by atoms with Crippen molar-refractivity contribution < 1.29 is 9.47 Å². The fourth-order valence-electron chi connectivity index (χ4n) is 2.46. The highest BCUT2D eigenvalue weighted by Gasteiger charge is 2.15. The van der Waals surface area contributed by atoms with E-state index in [0.29, 0.717) is 5.92 Å². The van der Waals surface area contributed by atoms with E-state index in [1.54, 1.807) is 0 Å². The van der Waals surface area contributed by atoms with E-state index < -0.39 is 0 Å². The molecule has 1 fully saturated rings. The van der Waals surface area contributed by atoms with Crippen molar-refractivity contribution in [2.24, 2.45) is 16.8 Å². The molecular weight excluding hydrogens is 393 g/mol. The average molecular weight is 427 g/mol. The molecular formula is C16H34IN3O2. The molecule has 0 bridgehead atoms. The van der Waals surface area contributed by atoms with E-state index in [1.807, 2.05) is 7.05 Å². The third kappa shape index (κ3) is 9.84. The van der Waals surface area contributed by atoms with Crippen LogP contribution in [0.2, 0.25) is 0 Å².